The Balaban J connectivity index is 2.25. The Morgan fingerprint density at radius 1 is 1.32 bits per heavy atom. The summed E-state index contributed by atoms with van der Waals surface area (Å²) in [5, 5.41) is 6.12. The van der Waals surface area contributed by atoms with Gasteiger partial charge < -0.3 is 15.5 Å². The molecular formula is C14H27N3O2. The van der Waals surface area contributed by atoms with Crippen LogP contribution in [0.15, 0.2) is 0 Å². The monoisotopic (exact) mass is 269 g/mol. The molecule has 19 heavy (non-hydrogen) atoms. The Hall–Kier alpha value is -1.10. The zero-order valence-corrected chi connectivity index (χ0v) is 12.4. The van der Waals surface area contributed by atoms with Gasteiger partial charge in [0.15, 0.2) is 0 Å². The molecule has 1 unspecified atom stereocenters. The molecule has 1 saturated heterocycles. The molecule has 5 nitrogen and oxygen atoms in total. The van der Waals surface area contributed by atoms with Gasteiger partial charge in [0.1, 0.15) is 0 Å². The number of rotatable bonds is 6. The Bertz CT molecular complexity index is 299. The van der Waals surface area contributed by atoms with Gasteiger partial charge >= 0.3 is 0 Å². The third kappa shape index (κ3) is 6.05. The summed E-state index contributed by atoms with van der Waals surface area (Å²) in [7, 11) is 0. The first-order valence-electron chi connectivity index (χ1n) is 7.28. The Labute approximate surface area is 116 Å². The number of hydrogen-bond donors (Lipinski definition) is 2. The second-order valence-corrected chi connectivity index (χ2v) is 5.42. The Morgan fingerprint density at radius 3 is 2.47 bits per heavy atom. The van der Waals surface area contributed by atoms with Crippen molar-refractivity contribution < 1.29 is 9.59 Å². The molecule has 2 N–H and O–H groups in total. The van der Waals surface area contributed by atoms with Crippen molar-refractivity contribution in [2.75, 3.05) is 26.2 Å². The van der Waals surface area contributed by atoms with E-state index in [-0.39, 0.29) is 17.9 Å². The lowest BCUT2D eigenvalue weighted by Gasteiger charge is -2.32. The minimum atomic E-state index is 0.0259. The van der Waals surface area contributed by atoms with Crippen LogP contribution >= 0.6 is 0 Å². The number of carbonyl (C=O) groups is 2. The van der Waals surface area contributed by atoms with Crippen molar-refractivity contribution in [2.45, 2.75) is 46.1 Å². The summed E-state index contributed by atoms with van der Waals surface area (Å²) in [6, 6.07) is 0.245. The second kappa shape index (κ2) is 8.15. The normalized spacial score (nSPS) is 18.2. The number of amides is 2. The van der Waals surface area contributed by atoms with Gasteiger partial charge in [-0.2, -0.15) is 0 Å². The summed E-state index contributed by atoms with van der Waals surface area (Å²) in [5.41, 5.74) is 0. The van der Waals surface area contributed by atoms with Crippen molar-refractivity contribution in [1.29, 1.82) is 0 Å². The smallest absolute Gasteiger partial charge is 0.224 e. The van der Waals surface area contributed by atoms with Crippen LogP contribution in [0.1, 0.15) is 40.0 Å². The first-order chi connectivity index (χ1) is 9.02. The predicted octanol–water partition coefficient (Wildman–Crippen LogP) is 0.749. The molecule has 1 fully saturated rings. The molecule has 1 aliphatic heterocycles. The van der Waals surface area contributed by atoms with Gasteiger partial charge in [0.25, 0.3) is 0 Å². The molecule has 110 valence electrons. The molecule has 0 saturated carbocycles. The minimum absolute atomic E-state index is 0.0259. The molecule has 0 bridgehead atoms. The maximum Gasteiger partial charge on any atom is 0.224 e. The Morgan fingerprint density at radius 2 is 1.95 bits per heavy atom. The van der Waals surface area contributed by atoms with Gasteiger partial charge in [0, 0.05) is 39.0 Å². The molecule has 1 aliphatic rings. The highest BCUT2D eigenvalue weighted by molar-refractivity contribution is 5.76. The molecule has 0 aromatic heterocycles. The molecule has 0 spiro atoms. The summed E-state index contributed by atoms with van der Waals surface area (Å²) in [6.07, 6.45) is 2.55. The van der Waals surface area contributed by atoms with E-state index in [2.05, 4.69) is 17.6 Å². The summed E-state index contributed by atoms with van der Waals surface area (Å²) < 4.78 is 0. The molecule has 1 heterocycles. The maximum atomic E-state index is 12.1. The summed E-state index contributed by atoms with van der Waals surface area (Å²) in [4.78, 5) is 24.9. The number of carbonyl (C=O) groups excluding carboxylic acids is 2. The average molecular weight is 269 g/mol. The van der Waals surface area contributed by atoms with Gasteiger partial charge in [-0.3, -0.25) is 9.59 Å². The van der Waals surface area contributed by atoms with Crippen molar-refractivity contribution in [3.63, 3.8) is 0 Å². The van der Waals surface area contributed by atoms with E-state index in [0.717, 1.165) is 39.0 Å². The van der Waals surface area contributed by atoms with Crippen LogP contribution in [-0.4, -0.2) is 48.9 Å². The van der Waals surface area contributed by atoms with E-state index in [1.165, 1.54) is 0 Å². The van der Waals surface area contributed by atoms with Crippen molar-refractivity contribution in [3.8, 4) is 0 Å². The molecule has 0 aromatic rings. The van der Waals surface area contributed by atoms with Crippen LogP contribution in [0.25, 0.3) is 0 Å². The summed E-state index contributed by atoms with van der Waals surface area (Å²) >= 11 is 0. The lowest BCUT2D eigenvalue weighted by atomic mass is 9.96. The predicted molar refractivity (Wildman–Crippen MR) is 75.7 cm³/mol. The molecule has 0 radical (unpaired) electrons. The van der Waals surface area contributed by atoms with Crippen LogP contribution in [-0.2, 0) is 9.59 Å². The fourth-order valence-electron chi connectivity index (χ4n) is 2.49. The SMILES string of the molecule is CCNC(C)CC(=O)N1CCC(CNC(C)=O)CC1. The molecule has 1 atom stereocenters. The van der Waals surface area contributed by atoms with Gasteiger partial charge in [-0.15, -0.1) is 0 Å². The van der Waals surface area contributed by atoms with Crippen molar-refractivity contribution >= 4 is 11.8 Å². The number of nitrogens with one attached hydrogen (secondary N) is 2. The molecule has 5 heteroatoms. The molecule has 0 aromatic carbocycles. The van der Waals surface area contributed by atoms with Crippen LogP contribution in [0.4, 0.5) is 0 Å². The van der Waals surface area contributed by atoms with Gasteiger partial charge in [-0.05, 0) is 32.2 Å². The molecule has 2 amide bonds. The fraction of sp³-hybridized carbons (Fsp3) is 0.857. The van der Waals surface area contributed by atoms with Gasteiger partial charge in [-0.25, -0.2) is 0 Å². The first kappa shape index (κ1) is 16.0. The summed E-state index contributed by atoms with van der Waals surface area (Å²) in [6.45, 7) is 8.92. The van der Waals surface area contributed by atoms with Gasteiger partial charge in [0.2, 0.25) is 11.8 Å². The van der Waals surface area contributed by atoms with Crippen molar-refractivity contribution in [1.82, 2.24) is 15.5 Å². The average Bonchev–Trinajstić information content (AvgIpc) is 2.37. The molecular weight excluding hydrogens is 242 g/mol. The van der Waals surface area contributed by atoms with E-state index in [4.69, 9.17) is 0 Å². The lowest BCUT2D eigenvalue weighted by molar-refractivity contribution is -0.133. The maximum absolute atomic E-state index is 12.1. The zero-order valence-electron chi connectivity index (χ0n) is 12.4. The highest BCUT2D eigenvalue weighted by atomic mass is 16.2. The topological polar surface area (TPSA) is 61.4 Å². The van der Waals surface area contributed by atoms with E-state index in [0.29, 0.717) is 12.3 Å². The number of piperidine rings is 1. The van der Waals surface area contributed by atoms with Crippen molar-refractivity contribution in [3.05, 3.63) is 0 Å². The summed E-state index contributed by atoms with van der Waals surface area (Å²) in [5.74, 6) is 0.781. The van der Waals surface area contributed by atoms with Gasteiger partial charge in [-0.1, -0.05) is 6.92 Å². The zero-order chi connectivity index (χ0) is 14.3. The van der Waals surface area contributed by atoms with Crippen LogP contribution in [0.2, 0.25) is 0 Å². The largest absolute Gasteiger partial charge is 0.356 e. The highest BCUT2D eigenvalue weighted by Gasteiger charge is 2.23. The fourth-order valence-corrected chi connectivity index (χ4v) is 2.49. The van der Waals surface area contributed by atoms with Crippen LogP contribution in [0.3, 0.4) is 0 Å². The number of likely N-dealkylation sites (tertiary alicyclic amines) is 1. The standard InChI is InChI=1S/C14H27N3O2/c1-4-15-11(2)9-14(19)17-7-5-13(6-8-17)10-16-12(3)18/h11,13,15H,4-10H2,1-3H3,(H,16,18). The molecule has 0 aliphatic carbocycles. The van der Waals surface area contributed by atoms with E-state index in [1.807, 2.05) is 11.8 Å². The number of hydrogen-bond acceptors (Lipinski definition) is 3. The van der Waals surface area contributed by atoms with Crippen LogP contribution in [0.5, 0.6) is 0 Å². The Kier molecular flexibility index (Phi) is 6.84. The van der Waals surface area contributed by atoms with Crippen molar-refractivity contribution in [2.24, 2.45) is 5.92 Å². The van der Waals surface area contributed by atoms with E-state index in [9.17, 15) is 9.59 Å². The third-order valence-corrected chi connectivity index (χ3v) is 3.64. The lowest BCUT2D eigenvalue weighted by Crippen LogP contribution is -2.43. The van der Waals surface area contributed by atoms with Crippen LogP contribution < -0.4 is 10.6 Å². The highest BCUT2D eigenvalue weighted by Crippen LogP contribution is 2.17. The van der Waals surface area contributed by atoms with E-state index in [1.54, 1.807) is 6.92 Å². The molecule has 1 rings (SSSR count). The van der Waals surface area contributed by atoms with E-state index >= 15 is 0 Å². The van der Waals surface area contributed by atoms with Gasteiger partial charge in [0.05, 0.1) is 0 Å². The number of nitrogens with zero attached hydrogens (tertiary/aromatic N) is 1. The minimum Gasteiger partial charge on any atom is -0.356 e. The second-order valence-electron chi connectivity index (χ2n) is 5.42. The first-order valence-corrected chi connectivity index (χ1v) is 7.28. The van der Waals surface area contributed by atoms with Crippen LogP contribution in [0, 0.1) is 5.92 Å². The quantitative estimate of drug-likeness (QED) is 0.748. The third-order valence-electron chi connectivity index (χ3n) is 3.64. The van der Waals surface area contributed by atoms with E-state index < -0.39 is 0 Å².